The molecule has 0 saturated carbocycles. The van der Waals surface area contributed by atoms with Crippen LogP contribution in [-0.4, -0.2) is 11.0 Å². The van der Waals surface area contributed by atoms with Crippen molar-refractivity contribution < 1.29 is 0 Å². The van der Waals surface area contributed by atoms with Crippen LogP contribution in [0.25, 0.3) is 10.2 Å². The van der Waals surface area contributed by atoms with E-state index in [4.69, 9.17) is 5.73 Å². The molecule has 2 nitrogen and oxygen atoms in total. The van der Waals surface area contributed by atoms with Crippen LogP contribution in [-0.2, 0) is 0 Å². The van der Waals surface area contributed by atoms with Gasteiger partial charge in [0.1, 0.15) is 0 Å². The molecule has 0 radical (unpaired) electrons. The monoisotopic (exact) mass is 300 g/mol. The predicted molar refractivity (Wildman–Crippen MR) is 88.3 cm³/mol. The highest BCUT2D eigenvalue weighted by Gasteiger charge is 2.19. The first-order valence-corrected chi connectivity index (χ1v) is 8.26. The Bertz CT molecular complexity index is 659. The van der Waals surface area contributed by atoms with Crippen molar-refractivity contribution in [1.29, 1.82) is 0 Å². The van der Waals surface area contributed by atoms with Gasteiger partial charge in [0.05, 0.1) is 15.5 Å². The lowest BCUT2D eigenvalue weighted by Crippen LogP contribution is -2.22. The second kappa shape index (κ2) is 5.95. The van der Waals surface area contributed by atoms with E-state index < -0.39 is 0 Å². The van der Waals surface area contributed by atoms with Crippen LogP contribution in [0.2, 0.25) is 0 Å². The summed E-state index contributed by atoms with van der Waals surface area (Å²) in [5, 5.41) is 0.233. The fraction of sp³-hybridized carbons (Fsp3) is 0.188. The third-order valence-corrected chi connectivity index (χ3v) is 5.73. The lowest BCUT2D eigenvalue weighted by Gasteiger charge is -2.19. The molecule has 0 aliphatic rings. The van der Waals surface area contributed by atoms with Gasteiger partial charge in [0, 0.05) is 6.04 Å². The van der Waals surface area contributed by atoms with E-state index in [0.717, 1.165) is 9.86 Å². The van der Waals surface area contributed by atoms with Crippen molar-refractivity contribution in [1.82, 2.24) is 4.98 Å². The first-order chi connectivity index (χ1) is 9.74. The van der Waals surface area contributed by atoms with Crippen LogP contribution in [0.4, 0.5) is 0 Å². The van der Waals surface area contributed by atoms with E-state index >= 15 is 0 Å². The van der Waals surface area contributed by atoms with Crippen LogP contribution < -0.4 is 5.73 Å². The minimum Gasteiger partial charge on any atom is -0.327 e. The lowest BCUT2D eigenvalue weighted by molar-refractivity contribution is 0.721. The van der Waals surface area contributed by atoms with Crippen LogP contribution in [0.5, 0.6) is 0 Å². The predicted octanol–water partition coefficient (Wildman–Crippen LogP) is 4.48. The van der Waals surface area contributed by atoms with Gasteiger partial charge in [0.25, 0.3) is 0 Å². The number of nitrogens with zero attached hydrogens (tertiary/aromatic N) is 1. The Morgan fingerprint density at radius 2 is 1.75 bits per heavy atom. The molecule has 2 unspecified atom stereocenters. The van der Waals surface area contributed by atoms with Crippen molar-refractivity contribution in [2.24, 2.45) is 5.73 Å². The molecule has 1 aromatic heterocycles. The summed E-state index contributed by atoms with van der Waals surface area (Å²) in [5.74, 6) is 0. The van der Waals surface area contributed by atoms with E-state index in [2.05, 4.69) is 54.4 Å². The second-order valence-corrected chi connectivity index (χ2v) is 7.18. The van der Waals surface area contributed by atoms with Crippen LogP contribution in [0.15, 0.2) is 58.9 Å². The zero-order valence-corrected chi connectivity index (χ0v) is 12.8. The van der Waals surface area contributed by atoms with Crippen molar-refractivity contribution >= 4 is 33.3 Å². The Labute approximate surface area is 127 Å². The maximum absolute atomic E-state index is 6.17. The maximum atomic E-state index is 6.17. The highest BCUT2D eigenvalue weighted by atomic mass is 32.2. The van der Waals surface area contributed by atoms with Crippen LogP contribution in [0.3, 0.4) is 0 Å². The van der Waals surface area contributed by atoms with Gasteiger partial charge in [-0.25, -0.2) is 4.98 Å². The normalized spacial score (nSPS) is 14.3. The highest BCUT2D eigenvalue weighted by molar-refractivity contribution is 8.01. The second-order valence-electron chi connectivity index (χ2n) is 4.76. The van der Waals surface area contributed by atoms with Crippen molar-refractivity contribution in [3.05, 3.63) is 60.2 Å². The number of benzene rings is 2. The molecule has 102 valence electrons. The molecule has 0 aliphatic heterocycles. The van der Waals surface area contributed by atoms with Crippen LogP contribution >= 0.6 is 23.1 Å². The van der Waals surface area contributed by atoms with E-state index in [-0.39, 0.29) is 11.3 Å². The lowest BCUT2D eigenvalue weighted by atomic mass is 10.1. The summed E-state index contributed by atoms with van der Waals surface area (Å²) in [7, 11) is 0. The summed E-state index contributed by atoms with van der Waals surface area (Å²) in [4.78, 5) is 4.69. The number of hydrogen-bond donors (Lipinski definition) is 1. The Balaban J connectivity index is 1.90. The molecule has 1 heterocycles. The zero-order chi connectivity index (χ0) is 13.9. The van der Waals surface area contributed by atoms with E-state index in [9.17, 15) is 0 Å². The van der Waals surface area contributed by atoms with Gasteiger partial charge in [0.15, 0.2) is 4.34 Å². The molecular weight excluding hydrogens is 284 g/mol. The Kier molecular flexibility index (Phi) is 4.05. The largest absolute Gasteiger partial charge is 0.327 e. The molecule has 2 N–H and O–H groups in total. The number of thioether (sulfide) groups is 1. The average Bonchev–Trinajstić information content (AvgIpc) is 2.88. The van der Waals surface area contributed by atoms with Crippen molar-refractivity contribution in [2.45, 2.75) is 22.6 Å². The van der Waals surface area contributed by atoms with Gasteiger partial charge in [-0.05, 0) is 24.6 Å². The SMILES string of the molecule is CC(N)C(Sc1nc2ccccc2s1)c1ccccc1. The molecule has 2 atom stereocenters. The summed E-state index contributed by atoms with van der Waals surface area (Å²) in [6, 6.07) is 18.7. The van der Waals surface area contributed by atoms with Crippen LogP contribution in [0, 0.1) is 0 Å². The molecular formula is C16H16N2S2. The van der Waals surface area contributed by atoms with Gasteiger partial charge >= 0.3 is 0 Å². The van der Waals surface area contributed by atoms with Crippen LogP contribution in [0.1, 0.15) is 17.7 Å². The quantitative estimate of drug-likeness (QED) is 0.722. The smallest absolute Gasteiger partial charge is 0.151 e. The Hall–Kier alpha value is -1.36. The number of rotatable bonds is 4. The number of aromatic nitrogens is 1. The summed E-state index contributed by atoms with van der Waals surface area (Å²) >= 11 is 3.49. The van der Waals surface area contributed by atoms with Gasteiger partial charge in [-0.15, -0.1) is 11.3 Å². The van der Waals surface area contributed by atoms with Crippen molar-refractivity contribution in [3.63, 3.8) is 0 Å². The molecule has 20 heavy (non-hydrogen) atoms. The molecule has 3 rings (SSSR count). The third-order valence-electron chi connectivity index (χ3n) is 3.11. The van der Waals surface area contributed by atoms with Gasteiger partial charge in [0.2, 0.25) is 0 Å². The third kappa shape index (κ3) is 2.87. The molecule has 0 amide bonds. The Morgan fingerprint density at radius 3 is 2.45 bits per heavy atom. The van der Waals surface area contributed by atoms with Crippen molar-refractivity contribution in [2.75, 3.05) is 0 Å². The zero-order valence-electron chi connectivity index (χ0n) is 11.2. The summed E-state index contributed by atoms with van der Waals surface area (Å²) < 4.78 is 2.31. The van der Waals surface area contributed by atoms with E-state index in [1.807, 2.05) is 12.1 Å². The minimum atomic E-state index is 0.0782. The van der Waals surface area contributed by atoms with Gasteiger partial charge in [-0.1, -0.05) is 54.2 Å². The Morgan fingerprint density at radius 1 is 1.05 bits per heavy atom. The minimum absolute atomic E-state index is 0.0782. The van der Waals surface area contributed by atoms with Gasteiger partial charge < -0.3 is 5.73 Å². The van der Waals surface area contributed by atoms with E-state index in [1.54, 1.807) is 23.1 Å². The summed E-state index contributed by atoms with van der Waals surface area (Å²) in [6.07, 6.45) is 0. The summed E-state index contributed by atoms with van der Waals surface area (Å²) in [6.45, 7) is 2.05. The molecule has 0 aliphatic carbocycles. The van der Waals surface area contributed by atoms with E-state index in [1.165, 1.54) is 10.3 Å². The molecule has 0 spiro atoms. The molecule has 3 aromatic rings. The highest BCUT2D eigenvalue weighted by Crippen LogP contribution is 2.40. The number of para-hydroxylation sites is 1. The molecule has 2 aromatic carbocycles. The van der Waals surface area contributed by atoms with Crippen molar-refractivity contribution in [3.8, 4) is 0 Å². The molecule has 0 saturated heterocycles. The average molecular weight is 300 g/mol. The number of fused-ring (bicyclic) bond motifs is 1. The number of hydrogen-bond acceptors (Lipinski definition) is 4. The molecule has 0 fully saturated rings. The number of thiazole rings is 1. The van der Waals surface area contributed by atoms with Gasteiger partial charge in [-0.2, -0.15) is 0 Å². The van der Waals surface area contributed by atoms with Gasteiger partial charge in [-0.3, -0.25) is 0 Å². The van der Waals surface area contributed by atoms with E-state index in [0.29, 0.717) is 0 Å². The first-order valence-electron chi connectivity index (χ1n) is 6.57. The molecule has 0 bridgehead atoms. The summed E-state index contributed by atoms with van der Waals surface area (Å²) in [5.41, 5.74) is 8.49. The fourth-order valence-electron chi connectivity index (χ4n) is 2.13. The fourth-order valence-corrected chi connectivity index (χ4v) is 4.48. The standard InChI is InChI=1S/C16H16N2S2/c1-11(17)15(12-7-3-2-4-8-12)20-16-18-13-9-5-6-10-14(13)19-16/h2-11,15H,17H2,1H3. The maximum Gasteiger partial charge on any atom is 0.151 e. The number of nitrogens with two attached hydrogens (primary N) is 1. The first kappa shape index (κ1) is 13.6. The molecule has 4 heteroatoms. The topological polar surface area (TPSA) is 38.9 Å².